The maximum absolute atomic E-state index is 12.4. The molecular weight excluding hydrogens is 434 g/mol. The predicted octanol–water partition coefficient (Wildman–Crippen LogP) is 2.74. The summed E-state index contributed by atoms with van der Waals surface area (Å²) in [7, 11) is -3.65. The molecule has 1 aromatic carbocycles. The Morgan fingerprint density at radius 1 is 1.03 bits per heavy atom. The molecule has 0 saturated carbocycles. The molecule has 3 heterocycles. The quantitative estimate of drug-likeness (QED) is 0.427. The summed E-state index contributed by atoms with van der Waals surface area (Å²) >= 11 is 1.48. The molecule has 0 radical (unpaired) electrons. The van der Waals surface area contributed by atoms with Crippen molar-refractivity contribution in [3.05, 3.63) is 94.6 Å². The van der Waals surface area contributed by atoms with Crippen molar-refractivity contribution in [2.75, 3.05) is 0 Å². The van der Waals surface area contributed by atoms with E-state index in [1.54, 1.807) is 23.3 Å². The number of aromatic nitrogens is 3. The molecule has 0 aliphatic carbocycles. The number of rotatable bonds is 8. The number of benzene rings is 1. The Bertz CT molecular complexity index is 1240. The second kappa shape index (κ2) is 9.21. The minimum absolute atomic E-state index is 0.110. The van der Waals surface area contributed by atoms with Gasteiger partial charge in [-0.05, 0) is 53.4 Å². The molecule has 31 heavy (non-hydrogen) atoms. The number of thiophene rings is 1. The van der Waals surface area contributed by atoms with Gasteiger partial charge in [0.15, 0.2) is 5.82 Å². The summed E-state index contributed by atoms with van der Waals surface area (Å²) in [5, 5.41) is 8.81. The average molecular weight is 454 g/mol. The Labute approximate surface area is 183 Å². The molecule has 4 aromatic rings. The van der Waals surface area contributed by atoms with Crippen LogP contribution in [-0.2, 0) is 23.1 Å². The van der Waals surface area contributed by atoms with Crippen LogP contribution >= 0.6 is 11.3 Å². The molecule has 0 saturated heterocycles. The molecule has 0 bridgehead atoms. The van der Waals surface area contributed by atoms with Crippen molar-refractivity contribution < 1.29 is 13.2 Å². The molecule has 2 N–H and O–H groups in total. The lowest BCUT2D eigenvalue weighted by molar-refractivity contribution is 0.0951. The van der Waals surface area contributed by atoms with E-state index < -0.39 is 10.0 Å². The van der Waals surface area contributed by atoms with Crippen LogP contribution in [0.15, 0.2) is 83.5 Å². The number of hydrogen-bond acceptors (Lipinski definition) is 6. The molecule has 0 fully saturated rings. The summed E-state index contributed by atoms with van der Waals surface area (Å²) < 4.78 is 29.0. The highest BCUT2D eigenvalue weighted by molar-refractivity contribution is 7.89. The van der Waals surface area contributed by atoms with Gasteiger partial charge in [-0.25, -0.2) is 22.8 Å². The van der Waals surface area contributed by atoms with E-state index in [1.165, 1.54) is 35.6 Å². The van der Waals surface area contributed by atoms with Gasteiger partial charge in [0.25, 0.3) is 5.91 Å². The van der Waals surface area contributed by atoms with Crippen molar-refractivity contribution in [1.82, 2.24) is 24.8 Å². The molecule has 158 valence electrons. The third-order valence-corrected chi connectivity index (χ3v) is 6.74. The van der Waals surface area contributed by atoms with E-state index in [0.717, 1.165) is 10.4 Å². The number of nitrogens with one attached hydrogen (secondary N) is 2. The lowest BCUT2D eigenvalue weighted by atomic mass is 10.2. The first-order valence-corrected chi connectivity index (χ1v) is 11.7. The number of carbonyl (C=O) groups is 1. The van der Waals surface area contributed by atoms with Crippen LogP contribution in [0.3, 0.4) is 0 Å². The minimum atomic E-state index is -3.65. The SMILES string of the molecule is O=C(NCc1ccc(-n2cccn2)nc1)c1ccc(S(=O)(=O)NCc2cccs2)cc1. The van der Waals surface area contributed by atoms with Crippen LogP contribution in [0, 0.1) is 0 Å². The number of pyridine rings is 1. The fraction of sp³-hybridized carbons (Fsp3) is 0.0952. The smallest absolute Gasteiger partial charge is 0.251 e. The van der Waals surface area contributed by atoms with Gasteiger partial charge in [-0.15, -0.1) is 11.3 Å². The molecule has 0 unspecified atom stereocenters. The third-order valence-electron chi connectivity index (χ3n) is 4.44. The minimum Gasteiger partial charge on any atom is -0.348 e. The zero-order valence-corrected chi connectivity index (χ0v) is 17.9. The Morgan fingerprint density at radius 2 is 1.87 bits per heavy atom. The van der Waals surface area contributed by atoms with Gasteiger partial charge in [-0.1, -0.05) is 12.1 Å². The Morgan fingerprint density at radius 3 is 2.52 bits per heavy atom. The number of hydrogen-bond donors (Lipinski definition) is 2. The molecule has 10 heteroatoms. The fourth-order valence-electron chi connectivity index (χ4n) is 2.79. The van der Waals surface area contributed by atoms with E-state index >= 15 is 0 Å². The molecule has 1 amide bonds. The van der Waals surface area contributed by atoms with Crippen LogP contribution in [0.2, 0.25) is 0 Å². The van der Waals surface area contributed by atoms with Gasteiger partial charge in [-0.2, -0.15) is 5.10 Å². The highest BCUT2D eigenvalue weighted by Crippen LogP contribution is 2.14. The predicted molar refractivity (Wildman–Crippen MR) is 117 cm³/mol. The Hall–Kier alpha value is -3.34. The van der Waals surface area contributed by atoms with Crippen molar-refractivity contribution in [3.63, 3.8) is 0 Å². The number of carbonyl (C=O) groups excluding carboxylic acids is 1. The summed E-state index contributed by atoms with van der Waals surface area (Å²) in [5.74, 6) is 0.385. The number of nitrogens with zero attached hydrogens (tertiary/aromatic N) is 3. The maximum atomic E-state index is 12.4. The standard InChI is InChI=1S/C21H19N5O3S2/c27-21(23-14-16-4-9-20(22-13-16)26-11-2-10-24-26)17-5-7-19(8-6-17)31(28,29)25-15-18-3-1-12-30-18/h1-13,25H,14-15H2,(H,23,27). The lowest BCUT2D eigenvalue weighted by Crippen LogP contribution is -2.24. The zero-order valence-electron chi connectivity index (χ0n) is 16.3. The first-order valence-electron chi connectivity index (χ1n) is 9.36. The molecule has 8 nitrogen and oxygen atoms in total. The van der Waals surface area contributed by atoms with E-state index in [1.807, 2.05) is 35.7 Å². The summed E-state index contributed by atoms with van der Waals surface area (Å²) in [6.07, 6.45) is 5.14. The summed E-state index contributed by atoms with van der Waals surface area (Å²) in [5.41, 5.74) is 1.21. The van der Waals surface area contributed by atoms with E-state index in [2.05, 4.69) is 20.1 Å². The lowest BCUT2D eigenvalue weighted by Gasteiger charge is -2.08. The molecule has 0 atom stereocenters. The average Bonchev–Trinajstić information content (AvgIpc) is 3.51. The third kappa shape index (κ3) is 5.23. The number of amides is 1. The van der Waals surface area contributed by atoms with Crippen molar-refractivity contribution in [3.8, 4) is 5.82 Å². The molecular formula is C21H19N5O3S2. The molecule has 0 spiro atoms. The van der Waals surface area contributed by atoms with Crippen molar-refractivity contribution in [2.24, 2.45) is 0 Å². The topological polar surface area (TPSA) is 106 Å². The Kier molecular flexibility index (Phi) is 6.21. The second-order valence-electron chi connectivity index (χ2n) is 6.59. The molecule has 4 rings (SSSR count). The van der Waals surface area contributed by atoms with Gasteiger partial charge in [0.1, 0.15) is 0 Å². The van der Waals surface area contributed by atoms with Crippen LogP contribution < -0.4 is 10.0 Å². The normalized spacial score (nSPS) is 11.4. The van der Waals surface area contributed by atoms with Gasteiger partial charge >= 0.3 is 0 Å². The van der Waals surface area contributed by atoms with Crippen LogP contribution in [0.5, 0.6) is 0 Å². The first kappa shape index (κ1) is 20.9. The summed E-state index contributed by atoms with van der Waals surface area (Å²) in [6, 6.07) is 15.1. The monoisotopic (exact) mass is 453 g/mol. The highest BCUT2D eigenvalue weighted by Gasteiger charge is 2.15. The summed E-state index contributed by atoms with van der Waals surface area (Å²) in [4.78, 5) is 17.8. The van der Waals surface area contributed by atoms with Crippen LogP contribution in [0.25, 0.3) is 5.82 Å². The van der Waals surface area contributed by atoms with Crippen LogP contribution in [0.1, 0.15) is 20.8 Å². The number of sulfonamides is 1. The van der Waals surface area contributed by atoms with Gasteiger partial charge in [0, 0.05) is 42.1 Å². The largest absolute Gasteiger partial charge is 0.348 e. The van der Waals surface area contributed by atoms with Gasteiger partial charge < -0.3 is 5.32 Å². The summed E-state index contributed by atoms with van der Waals surface area (Å²) in [6.45, 7) is 0.531. The van der Waals surface area contributed by atoms with Crippen molar-refractivity contribution >= 4 is 27.3 Å². The maximum Gasteiger partial charge on any atom is 0.251 e. The van der Waals surface area contributed by atoms with Crippen molar-refractivity contribution in [1.29, 1.82) is 0 Å². The first-order chi connectivity index (χ1) is 15.0. The van der Waals surface area contributed by atoms with Crippen LogP contribution in [-0.4, -0.2) is 29.1 Å². The zero-order chi connectivity index (χ0) is 21.7. The van der Waals surface area contributed by atoms with Crippen molar-refractivity contribution in [2.45, 2.75) is 18.0 Å². The second-order valence-corrected chi connectivity index (χ2v) is 9.39. The highest BCUT2D eigenvalue weighted by atomic mass is 32.2. The van der Waals surface area contributed by atoms with E-state index in [-0.39, 0.29) is 17.3 Å². The molecule has 0 aliphatic rings. The Balaban J connectivity index is 1.33. The van der Waals surface area contributed by atoms with Crippen LogP contribution in [0.4, 0.5) is 0 Å². The van der Waals surface area contributed by atoms with Gasteiger partial charge in [0.2, 0.25) is 10.0 Å². The van der Waals surface area contributed by atoms with E-state index in [0.29, 0.717) is 17.9 Å². The fourth-order valence-corrected chi connectivity index (χ4v) is 4.54. The van der Waals surface area contributed by atoms with E-state index in [9.17, 15) is 13.2 Å². The van der Waals surface area contributed by atoms with E-state index in [4.69, 9.17) is 0 Å². The van der Waals surface area contributed by atoms with Gasteiger partial charge in [-0.3, -0.25) is 4.79 Å². The molecule has 0 aliphatic heterocycles. The molecule has 3 aromatic heterocycles. The van der Waals surface area contributed by atoms with Gasteiger partial charge in [0.05, 0.1) is 4.90 Å².